The van der Waals surface area contributed by atoms with Gasteiger partial charge in [0, 0.05) is 40.3 Å². The number of benzene rings is 13. The maximum absolute atomic E-state index is 17.4. The largest absolute Gasteiger partial charge is 0.457 e. The van der Waals surface area contributed by atoms with Gasteiger partial charge in [-0.2, -0.15) is 0 Å². The van der Waals surface area contributed by atoms with Crippen LogP contribution in [0.4, 0.5) is 34.6 Å². The summed E-state index contributed by atoms with van der Waals surface area (Å²) < 4.78 is 78.2. The number of halogens is 4. The second-order valence-electron chi connectivity index (χ2n) is 22.9. The van der Waals surface area contributed by atoms with Crippen LogP contribution in [-0.4, -0.2) is 0 Å². The zero-order valence-electron chi connectivity index (χ0n) is 49.1. The summed E-state index contributed by atoms with van der Waals surface area (Å²) in [7, 11) is 0. The summed E-state index contributed by atoms with van der Waals surface area (Å²) in [5, 5.41) is 0. The van der Waals surface area contributed by atoms with Gasteiger partial charge in [-0.05, 0) is 192 Å². The Labute approximate surface area is 526 Å². The van der Waals surface area contributed by atoms with E-state index in [1.54, 1.807) is 24.3 Å². The second-order valence-corrected chi connectivity index (χ2v) is 22.9. The van der Waals surface area contributed by atoms with Crippen LogP contribution in [0.25, 0.3) is 56.7 Å². The van der Waals surface area contributed by atoms with Crippen LogP contribution in [0.3, 0.4) is 0 Å². The van der Waals surface area contributed by atoms with Crippen molar-refractivity contribution in [3.8, 4) is 67.5 Å². The fraction of sp³-hybridized carbons (Fsp3) is 0.0238. The van der Waals surface area contributed by atoms with Crippen LogP contribution < -0.4 is 14.4 Å². The molecule has 91 heavy (non-hydrogen) atoms. The molecule has 0 saturated heterocycles. The average Bonchev–Trinajstić information content (AvgIpc) is 1.57. The first-order chi connectivity index (χ1) is 44.6. The minimum atomic E-state index is -1.33. The summed E-state index contributed by atoms with van der Waals surface area (Å²) in [5.74, 6) is -0.387. The van der Waals surface area contributed by atoms with Gasteiger partial charge < -0.3 is 14.4 Å². The van der Waals surface area contributed by atoms with Crippen LogP contribution in [0.1, 0.15) is 55.6 Å². The molecular formula is C84H55F4NO2. The van der Waals surface area contributed by atoms with Crippen molar-refractivity contribution in [1.82, 2.24) is 0 Å². The Hall–Kier alpha value is -11.5. The molecule has 15 rings (SSSR count). The maximum atomic E-state index is 17.4. The molecule has 436 valence electrons. The van der Waals surface area contributed by atoms with Gasteiger partial charge >= 0.3 is 0 Å². The van der Waals surface area contributed by atoms with Crippen LogP contribution in [-0.2, 0) is 10.8 Å². The molecule has 0 fully saturated rings. The van der Waals surface area contributed by atoms with Gasteiger partial charge in [0.1, 0.15) is 46.3 Å². The topological polar surface area (TPSA) is 21.7 Å². The van der Waals surface area contributed by atoms with Crippen molar-refractivity contribution in [1.29, 1.82) is 0 Å². The molecule has 0 saturated carbocycles. The number of hydrogen-bond donors (Lipinski definition) is 0. The molecule has 7 heteroatoms. The van der Waals surface area contributed by atoms with E-state index in [9.17, 15) is 0 Å². The molecular weight excluding hydrogens is 1130 g/mol. The Morgan fingerprint density at radius 3 is 1.09 bits per heavy atom. The number of nitrogens with zero attached hydrogens (tertiary/aromatic N) is 1. The minimum Gasteiger partial charge on any atom is -0.457 e. The van der Waals surface area contributed by atoms with Crippen LogP contribution in [0.2, 0.25) is 0 Å². The van der Waals surface area contributed by atoms with Gasteiger partial charge in [-0.3, -0.25) is 0 Å². The van der Waals surface area contributed by atoms with Gasteiger partial charge in [0.2, 0.25) is 0 Å². The minimum absolute atomic E-state index is 0.267. The van der Waals surface area contributed by atoms with E-state index < -0.39 is 34.1 Å². The molecule has 0 heterocycles. The van der Waals surface area contributed by atoms with Crippen molar-refractivity contribution >= 4 is 29.2 Å². The van der Waals surface area contributed by atoms with E-state index in [4.69, 9.17) is 9.47 Å². The number of fused-ring (bicyclic) bond motifs is 6. The molecule has 13 aromatic carbocycles. The molecule has 2 aliphatic rings. The Bertz CT molecular complexity index is 4700. The van der Waals surface area contributed by atoms with Crippen molar-refractivity contribution < 1.29 is 27.0 Å². The van der Waals surface area contributed by atoms with Crippen molar-refractivity contribution in [2.45, 2.75) is 10.8 Å². The summed E-state index contributed by atoms with van der Waals surface area (Å²) in [6.07, 6.45) is 3.55. The van der Waals surface area contributed by atoms with E-state index in [1.807, 2.05) is 152 Å². The Kier molecular flexibility index (Phi) is 14.1. The third-order valence-corrected chi connectivity index (χ3v) is 17.9. The van der Waals surface area contributed by atoms with Gasteiger partial charge in [-0.15, -0.1) is 0 Å². The fourth-order valence-electron chi connectivity index (χ4n) is 13.8. The van der Waals surface area contributed by atoms with Crippen molar-refractivity contribution in [3.05, 3.63) is 389 Å². The van der Waals surface area contributed by atoms with Gasteiger partial charge in [0.15, 0.2) is 0 Å². The van der Waals surface area contributed by atoms with Gasteiger partial charge in [0.25, 0.3) is 0 Å². The molecule has 0 bridgehead atoms. The lowest BCUT2D eigenvalue weighted by molar-refractivity contribution is 0.481. The lowest BCUT2D eigenvalue weighted by Crippen LogP contribution is -2.30. The van der Waals surface area contributed by atoms with E-state index in [-0.39, 0.29) is 11.1 Å². The normalized spacial score (nSPS) is 15.0. The third-order valence-electron chi connectivity index (χ3n) is 17.9. The third kappa shape index (κ3) is 9.61. The number of rotatable bonds is 15. The van der Waals surface area contributed by atoms with E-state index in [1.165, 1.54) is 12.1 Å². The van der Waals surface area contributed by atoms with E-state index in [0.29, 0.717) is 23.0 Å². The molecule has 3 nitrogen and oxygen atoms in total. The molecule has 0 aromatic heterocycles. The zero-order valence-corrected chi connectivity index (χ0v) is 49.1. The predicted octanol–water partition coefficient (Wildman–Crippen LogP) is 22.6. The van der Waals surface area contributed by atoms with Crippen LogP contribution >= 0.6 is 0 Å². The molecule has 2 aliphatic carbocycles. The highest BCUT2D eigenvalue weighted by atomic mass is 19.1. The molecule has 2 unspecified atom stereocenters. The highest BCUT2D eigenvalue weighted by Crippen LogP contribution is 2.60. The Balaban J connectivity index is 0.943. The summed E-state index contributed by atoms with van der Waals surface area (Å²) in [6.45, 7) is 7.77. The molecule has 0 amide bonds. The van der Waals surface area contributed by atoms with E-state index >= 15 is 17.6 Å². The molecule has 0 N–H and O–H groups in total. The Morgan fingerprint density at radius 2 is 0.659 bits per heavy atom. The number of anilines is 3. The number of hydrogen-bond acceptors (Lipinski definition) is 3. The summed E-state index contributed by atoms with van der Waals surface area (Å²) >= 11 is 0. The number of ether oxygens (including phenoxy) is 2. The predicted molar refractivity (Wildman–Crippen MR) is 360 cm³/mol. The summed E-state index contributed by atoms with van der Waals surface area (Å²) in [4.78, 5) is 2.18. The molecule has 0 spiro atoms. The maximum Gasteiger partial charge on any atom is 0.130 e. The van der Waals surface area contributed by atoms with Crippen LogP contribution in [0.5, 0.6) is 23.0 Å². The Morgan fingerprint density at radius 1 is 0.286 bits per heavy atom. The van der Waals surface area contributed by atoms with Crippen molar-refractivity contribution in [3.63, 3.8) is 0 Å². The zero-order chi connectivity index (χ0) is 61.8. The first-order valence-electron chi connectivity index (χ1n) is 30.1. The smallest absolute Gasteiger partial charge is 0.130 e. The SMILES string of the molecule is C=Cc1ccc(Oc2ccc(C3(c4ccc(F)cc4F)c4ccccc4-c4ccc(N(c5ccc(-c6cccc(-c7ccccc7)c6)cc5)c5ccc6c(c5)C(c5ccc(Oc7ccc(C=C)cc7)cc5)(c5ccc(F)cc5F)c5ccccc5-6)cc43)cc2)cc1. The highest BCUT2D eigenvalue weighted by Gasteiger charge is 2.50. The molecule has 13 aromatic rings. The van der Waals surface area contributed by atoms with Crippen LogP contribution in [0.15, 0.2) is 310 Å². The summed E-state index contributed by atoms with van der Waals surface area (Å²) in [5.41, 5.74) is 14.4. The second kappa shape index (κ2) is 22.9. The van der Waals surface area contributed by atoms with Gasteiger partial charge in [-0.25, -0.2) is 17.6 Å². The standard InChI is InChI=1S/C84H55F4NO2/c1-3-54-21-37-67(38-22-54)90-69-41-27-60(28-42-69)83(77-47-31-62(85)50-81(77)87)75-19-10-8-17-71(75)73-45-35-65(52-79(73)83)89(64-33-25-57(26-34-64)59-16-12-15-58(49-59)56-13-6-5-7-14-56)66-36-46-74-72-18-9-11-20-76(72)84(80(74)53-66,78-48-32-63(86)51-82(78)88)61-29-43-70(44-30-61)91-68-39-23-55(4-2)24-40-68/h3-53H,1-2H2. The van der Waals surface area contributed by atoms with Crippen LogP contribution in [0, 0.1) is 23.3 Å². The highest BCUT2D eigenvalue weighted by molar-refractivity contribution is 5.93. The van der Waals surface area contributed by atoms with Gasteiger partial charge in [0.05, 0.1) is 10.8 Å². The monoisotopic (exact) mass is 1190 g/mol. The molecule has 0 aliphatic heterocycles. The summed E-state index contributed by atoms with van der Waals surface area (Å²) in [6, 6.07) is 94.1. The van der Waals surface area contributed by atoms with Crippen molar-refractivity contribution in [2.75, 3.05) is 4.90 Å². The quantitative estimate of drug-likeness (QED) is 0.0955. The van der Waals surface area contributed by atoms with E-state index in [2.05, 4.69) is 127 Å². The first-order valence-corrected chi connectivity index (χ1v) is 30.1. The molecule has 2 atom stereocenters. The van der Waals surface area contributed by atoms with Gasteiger partial charge in [-0.1, -0.05) is 207 Å². The average molecular weight is 1190 g/mol. The fourth-order valence-corrected chi connectivity index (χ4v) is 13.8. The molecule has 0 radical (unpaired) electrons. The first kappa shape index (κ1) is 56.0. The lowest BCUT2D eigenvalue weighted by atomic mass is 9.67. The van der Waals surface area contributed by atoms with E-state index in [0.717, 1.165) is 118 Å². The lowest BCUT2D eigenvalue weighted by Gasteiger charge is -2.36. The van der Waals surface area contributed by atoms with Crippen molar-refractivity contribution in [2.24, 2.45) is 0 Å².